The second kappa shape index (κ2) is 5.08. The largest absolute Gasteiger partial charge is 0.450 e. The average molecular weight is 289 g/mol. The van der Waals surface area contributed by atoms with Crippen LogP contribution in [-0.2, 0) is 4.74 Å². The molecule has 1 atom stereocenters. The molecule has 1 aliphatic rings. The third kappa shape index (κ3) is 2.10. The maximum Gasteiger partial charge on any atom is 0.414 e. The maximum atomic E-state index is 11.6. The Morgan fingerprint density at radius 3 is 3.05 bits per heavy atom. The smallest absolute Gasteiger partial charge is 0.414 e. The van der Waals surface area contributed by atoms with E-state index in [0.717, 1.165) is 11.1 Å². The van der Waals surface area contributed by atoms with E-state index in [1.807, 2.05) is 30.3 Å². The predicted octanol–water partition coefficient (Wildman–Crippen LogP) is 1.84. The molecule has 110 valence electrons. The van der Waals surface area contributed by atoms with Crippen LogP contribution in [0, 0.1) is 0 Å². The number of ether oxygens (including phenoxy) is 1. The summed E-state index contributed by atoms with van der Waals surface area (Å²) in [5.74, 6) is 0.277. The van der Waals surface area contributed by atoms with Crippen molar-refractivity contribution in [1.82, 2.24) is 5.27 Å². The molecule has 1 amide bonds. The fourth-order valence-electron chi connectivity index (χ4n) is 2.48. The zero-order chi connectivity index (χ0) is 15.0. The van der Waals surface area contributed by atoms with Gasteiger partial charge in [-0.15, -0.1) is 5.01 Å². The van der Waals surface area contributed by atoms with E-state index < -0.39 is 6.09 Å². The number of fused-ring (bicyclic) bond motifs is 3. The highest BCUT2D eigenvalue weighted by molar-refractivity contribution is 5.87. The van der Waals surface area contributed by atoms with E-state index in [0.29, 0.717) is 12.3 Å². The molecular formula is C14H17N4O3+. The van der Waals surface area contributed by atoms with Gasteiger partial charge in [-0.3, -0.25) is 9.84 Å². The molecule has 1 aromatic carbocycles. The molecular weight excluding hydrogens is 272 g/mol. The van der Waals surface area contributed by atoms with Gasteiger partial charge in [-0.2, -0.15) is 0 Å². The zero-order valence-corrected chi connectivity index (χ0v) is 12.2. The first kappa shape index (κ1) is 13.4. The lowest BCUT2D eigenvalue weighted by atomic mass is 9.97. The molecule has 2 aromatic rings. The predicted molar refractivity (Wildman–Crippen MR) is 75.3 cm³/mol. The van der Waals surface area contributed by atoms with E-state index in [-0.39, 0.29) is 11.9 Å². The van der Waals surface area contributed by atoms with Crippen LogP contribution in [0.15, 0.2) is 28.8 Å². The first-order chi connectivity index (χ1) is 10.1. The number of amides is 1. The van der Waals surface area contributed by atoms with Crippen molar-refractivity contribution in [3.63, 3.8) is 0 Å². The summed E-state index contributed by atoms with van der Waals surface area (Å²) < 4.78 is 10.2. The van der Waals surface area contributed by atoms with Crippen molar-refractivity contribution in [1.29, 1.82) is 0 Å². The summed E-state index contributed by atoms with van der Waals surface area (Å²) >= 11 is 0. The number of carbonyl (C=O) groups excluding carboxylic acids is 1. The number of rotatable bonds is 2. The van der Waals surface area contributed by atoms with Crippen molar-refractivity contribution in [3.8, 4) is 11.3 Å². The minimum absolute atomic E-state index is 0.152. The highest BCUT2D eigenvalue weighted by Crippen LogP contribution is 2.35. The number of nitrogens with one attached hydrogen (secondary N) is 1. The Bertz CT molecular complexity index is 683. The molecule has 21 heavy (non-hydrogen) atoms. The Balaban J connectivity index is 2.07. The Morgan fingerprint density at radius 2 is 2.29 bits per heavy atom. The number of hydrogen-bond donors (Lipinski definition) is 1. The van der Waals surface area contributed by atoms with Crippen LogP contribution in [0.1, 0.15) is 25.5 Å². The van der Waals surface area contributed by atoms with Crippen molar-refractivity contribution in [2.45, 2.75) is 19.9 Å². The number of anilines is 1. The lowest BCUT2D eigenvalue weighted by Gasteiger charge is -2.24. The third-order valence-corrected chi connectivity index (χ3v) is 3.64. The van der Waals surface area contributed by atoms with Gasteiger partial charge in [-0.05, 0) is 25.5 Å². The minimum Gasteiger partial charge on any atom is -0.450 e. The molecule has 0 aliphatic carbocycles. The van der Waals surface area contributed by atoms with E-state index in [2.05, 4.69) is 23.6 Å². The summed E-state index contributed by atoms with van der Waals surface area (Å²) in [4.78, 5) is 13.3. The lowest BCUT2D eigenvalue weighted by Crippen LogP contribution is -2.60. The second-order valence-corrected chi connectivity index (χ2v) is 4.82. The molecule has 1 unspecified atom stereocenters. The number of carbonyl (C=O) groups is 1. The standard InChI is InChI=1S/C14H16N4O3/c1-4-20-14(19)15-13-12-11-8-6-5-7-10(11)9(2)17(3)18(12)16-21-13/h5-9H,4H2,1-3H3/p+1. The molecule has 7 heteroatoms. The molecule has 3 rings (SSSR count). The SMILES string of the molecule is CCOC(=O)Nc1on[n+]2c1-c1ccccc1C(C)N2C. The molecule has 7 nitrogen and oxygen atoms in total. The summed E-state index contributed by atoms with van der Waals surface area (Å²) in [6.07, 6.45) is -0.559. The van der Waals surface area contributed by atoms with Gasteiger partial charge >= 0.3 is 17.7 Å². The summed E-state index contributed by atoms with van der Waals surface area (Å²) in [5, 5.41) is 8.53. The van der Waals surface area contributed by atoms with Crippen molar-refractivity contribution < 1.29 is 18.8 Å². The van der Waals surface area contributed by atoms with E-state index in [1.54, 1.807) is 11.7 Å². The summed E-state index contributed by atoms with van der Waals surface area (Å²) in [6.45, 7) is 4.12. The van der Waals surface area contributed by atoms with Gasteiger partial charge in [0.25, 0.3) is 0 Å². The molecule has 1 N–H and O–H groups in total. The molecule has 0 radical (unpaired) electrons. The molecule has 0 bridgehead atoms. The molecule has 0 fully saturated rings. The molecule has 1 aromatic heterocycles. The van der Waals surface area contributed by atoms with E-state index in [4.69, 9.17) is 9.26 Å². The molecule has 0 spiro atoms. The van der Waals surface area contributed by atoms with Crippen LogP contribution in [0.4, 0.5) is 10.7 Å². The Labute approximate surface area is 122 Å². The second-order valence-electron chi connectivity index (χ2n) is 4.82. The molecule has 0 saturated heterocycles. The minimum atomic E-state index is -0.559. The van der Waals surface area contributed by atoms with Gasteiger partial charge in [-0.1, -0.05) is 18.2 Å². The number of hydrogen-bond acceptors (Lipinski definition) is 5. The lowest BCUT2D eigenvalue weighted by molar-refractivity contribution is -0.752. The summed E-state index contributed by atoms with van der Waals surface area (Å²) in [6, 6.07) is 8.13. The van der Waals surface area contributed by atoms with Gasteiger partial charge in [0.2, 0.25) is 5.27 Å². The first-order valence-corrected chi connectivity index (χ1v) is 6.81. The summed E-state index contributed by atoms with van der Waals surface area (Å²) in [5.41, 5.74) is 2.84. The highest BCUT2D eigenvalue weighted by atomic mass is 16.6. The number of benzene rings is 1. The molecule has 0 saturated carbocycles. The van der Waals surface area contributed by atoms with Crippen LogP contribution in [0.5, 0.6) is 0 Å². The van der Waals surface area contributed by atoms with Crippen LogP contribution in [0.2, 0.25) is 0 Å². The Morgan fingerprint density at radius 1 is 1.52 bits per heavy atom. The fraction of sp³-hybridized carbons (Fsp3) is 0.357. The van der Waals surface area contributed by atoms with Crippen LogP contribution in [0.25, 0.3) is 11.3 Å². The van der Waals surface area contributed by atoms with E-state index in [9.17, 15) is 4.79 Å². The van der Waals surface area contributed by atoms with Gasteiger partial charge in [0, 0.05) is 0 Å². The molecule has 1 aliphatic heterocycles. The van der Waals surface area contributed by atoms with Crippen LogP contribution < -0.4 is 15.1 Å². The van der Waals surface area contributed by atoms with Crippen molar-refractivity contribution in [2.24, 2.45) is 0 Å². The normalized spacial score (nSPS) is 16.1. The van der Waals surface area contributed by atoms with Crippen molar-refractivity contribution >= 4 is 12.0 Å². The zero-order valence-electron chi connectivity index (χ0n) is 12.2. The van der Waals surface area contributed by atoms with Gasteiger partial charge in [0.05, 0.1) is 24.0 Å². The first-order valence-electron chi connectivity index (χ1n) is 6.81. The summed E-state index contributed by atoms with van der Waals surface area (Å²) in [7, 11) is 1.92. The van der Waals surface area contributed by atoms with Gasteiger partial charge in [0.1, 0.15) is 6.04 Å². The van der Waals surface area contributed by atoms with Gasteiger partial charge < -0.3 is 4.74 Å². The van der Waals surface area contributed by atoms with Crippen molar-refractivity contribution in [2.75, 3.05) is 24.0 Å². The van der Waals surface area contributed by atoms with Crippen molar-refractivity contribution in [3.05, 3.63) is 29.8 Å². The fourth-order valence-corrected chi connectivity index (χ4v) is 2.48. The van der Waals surface area contributed by atoms with Crippen LogP contribution >= 0.6 is 0 Å². The van der Waals surface area contributed by atoms with Crippen LogP contribution in [-0.4, -0.2) is 25.0 Å². The topological polar surface area (TPSA) is 71.5 Å². The Hall–Kier alpha value is -2.57. The highest BCUT2D eigenvalue weighted by Gasteiger charge is 2.40. The number of nitrogens with zero attached hydrogens (tertiary/aromatic N) is 3. The van der Waals surface area contributed by atoms with Gasteiger partial charge in [-0.25, -0.2) is 4.79 Å². The maximum absolute atomic E-state index is 11.6. The van der Waals surface area contributed by atoms with Crippen LogP contribution in [0.3, 0.4) is 0 Å². The number of aromatic nitrogens is 2. The quantitative estimate of drug-likeness (QED) is 0.854. The monoisotopic (exact) mass is 289 g/mol. The van der Waals surface area contributed by atoms with E-state index >= 15 is 0 Å². The molecule has 2 heterocycles. The average Bonchev–Trinajstić information content (AvgIpc) is 2.89. The third-order valence-electron chi connectivity index (χ3n) is 3.64. The van der Waals surface area contributed by atoms with E-state index in [1.165, 1.54) is 0 Å². The Kier molecular flexibility index (Phi) is 3.25. The van der Waals surface area contributed by atoms with Gasteiger partial charge in [0.15, 0.2) is 0 Å².